The van der Waals surface area contributed by atoms with E-state index in [9.17, 15) is 4.79 Å². The second kappa shape index (κ2) is 3.98. The second-order valence-corrected chi connectivity index (χ2v) is 7.00. The minimum Gasteiger partial charge on any atom is -0.481 e. The lowest BCUT2D eigenvalue weighted by molar-refractivity contribution is -0.133. The minimum absolute atomic E-state index is 0.0625. The molecule has 3 aliphatic rings. The molecule has 0 spiro atoms. The summed E-state index contributed by atoms with van der Waals surface area (Å²) in [5, 5.41) is 17.9. The molecular weight excluding hydrogens is 262 g/mol. The summed E-state index contributed by atoms with van der Waals surface area (Å²) >= 11 is 1.30. The van der Waals surface area contributed by atoms with Gasteiger partial charge in [0.05, 0.1) is 5.75 Å². The SMILES string of the molecule is Cc1nnc(SCC(=O)O)n1C1C2C3CCC(C3)C21. The molecule has 2 bridgehead atoms. The van der Waals surface area contributed by atoms with E-state index in [0.29, 0.717) is 6.04 Å². The van der Waals surface area contributed by atoms with Gasteiger partial charge in [-0.3, -0.25) is 4.79 Å². The maximum absolute atomic E-state index is 10.7. The van der Waals surface area contributed by atoms with Gasteiger partial charge in [0.2, 0.25) is 0 Å². The molecule has 4 atom stereocenters. The molecule has 0 amide bonds. The van der Waals surface area contributed by atoms with Crippen molar-refractivity contribution in [3.8, 4) is 0 Å². The Morgan fingerprint density at radius 1 is 1.37 bits per heavy atom. The van der Waals surface area contributed by atoms with E-state index < -0.39 is 5.97 Å². The van der Waals surface area contributed by atoms with Crippen LogP contribution in [-0.4, -0.2) is 31.6 Å². The zero-order chi connectivity index (χ0) is 13.1. The summed E-state index contributed by atoms with van der Waals surface area (Å²) in [6, 6.07) is 0.553. The fraction of sp³-hybridized carbons (Fsp3) is 0.769. The van der Waals surface area contributed by atoms with E-state index in [4.69, 9.17) is 5.11 Å². The van der Waals surface area contributed by atoms with Crippen LogP contribution < -0.4 is 0 Å². The van der Waals surface area contributed by atoms with Crippen molar-refractivity contribution in [1.29, 1.82) is 0 Å². The van der Waals surface area contributed by atoms with Crippen LogP contribution in [0.3, 0.4) is 0 Å². The first-order valence-electron chi connectivity index (χ1n) is 6.93. The average Bonchev–Trinajstić information content (AvgIpc) is 2.75. The molecule has 1 N–H and O–H groups in total. The van der Waals surface area contributed by atoms with Gasteiger partial charge in [-0.05, 0) is 49.9 Å². The molecule has 4 rings (SSSR count). The Bertz CT molecular complexity index is 528. The van der Waals surface area contributed by atoms with Crippen molar-refractivity contribution in [1.82, 2.24) is 14.8 Å². The zero-order valence-corrected chi connectivity index (χ0v) is 11.6. The van der Waals surface area contributed by atoms with Gasteiger partial charge in [-0.25, -0.2) is 0 Å². The molecule has 1 aromatic heterocycles. The number of thioether (sulfide) groups is 1. The van der Waals surface area contributed by atoms with Crippen LogP contribution >= 0.6 is 11.8 Å². The fourth-order valence-corrected chi connectivity index (χ4v) is 5.29. The van der Waals surface area contributed by atoms with E-state index in [2.05, 4.69) is 14.8 Å². The van der Waals surface area contributed by atoms with Crippen molar-refractivity contribution in [3.63, 3.8) is 0 Å². The zero-order valence-electron chi connectivity index (χ0n) is 10.8. The lowest BCUT2D eigenvalue weighted by Crippen LogP contribution is -2.09. The number of nitrogens with zero attached hydrogens (tertiary/aromatic N) is 3. The first-order valence-corrected chi connectivity index (χ1v) is 7.91. The van der Waals surface area contributed by atoms with Gasteiger partial charge >= 0.3 is 5.97 Å². The molecule has 3 fully saturated rings. The first-order chi connectivity index (χ1) is 9.16. The lowest BCUT2D eigenvalue weighted by Gasteiger charge is -2.13. The Morgan fingerprint density at radius 2 is 2.05 bits per heavy atom. The minimum atomic E-state index is -0.798. The number of aryl methyl sites for hydroxylation is 1. The summed E-state index contributed by atoms with van der Waals surface area (Å²) in [6.07, 6.45) is 4.20. The third-order valence-corrected chi connectivity index (χ3v) is 6.08. The number of carbonyl (C=O) groups is 1. The highest BCUT2D eigenvalue weighted by molar-refractivity contribution is 7.99. The largest absolute Gasteiger partial charge is 0.481 e. The Hall–Kier alpha value is -1.04. The second-order valence-electron chi connectivity index (χ2n) is 6.06. The molecule has 5 nitrogen and oxygen atoms in total. The lowest BCUT2D eigenvalue weighted by atomic mass is 10.0. The third-order valence-electron chi connectivity index (χ3n) is 5.15. The van der Waals surface area contributed by atoms with Crippen LogP contribution in [0.15, 0.2) is 5.16 Å². The van der Waals surface area contributed by atoms with Crippen molar-refractivity contribution < 1.29 is 9.90 Å². The first kappa shape index (κ1) is 11.8. The molecule has 4 unspecified atom stereocenters. The standard InChI is InChI=1S/C13H17N3O2S/c1-6-14-15-13(19-5-9(17)18)16(6)12-10-7-2-3-8(4-7)11(10)12/h7-8,10-12H,2-5H2,1H3,(H,17,18). The molecule has 0 radical (unpaired) electrons. The molecule has 19 heavy (non-hydrogen) atoms. The van der Waals surface area contributed by atoms with Crippen LogP contribution in [0.2, 0.25) is 0 Å². The van der Waals surface area contributed by atoms with Gasteiger partial charge in [-0.2, -0.15) is 0 Å². The number of carboxylic acids is 1. The van der Waals surface area contributed by atoms with E-state index in [0.717, 1.165) is 34.7 Å². The van der Waals surface area contributed by atoms with Gasteiger partial charge in [0, 0.05) is 6.04 Å². The van der Waals surface area contributed by atoms with Gasteiger partial charge < -0.3 is 9.67 Å². The Balaban J connectivity index is 1.59. The van der Waals surface area contributed by atoms with Crippen LogP contribution in [0.4, 0.5) is 0 Å². The van der Waals surface area contributed by atoms with Gasteiger partial charge in [-0.1, -0.05) is 11.8 Å². The quantitative estimate of drug-likeness (QED) is 0.854. The number of fused-ring (bicyclic) bond motifs is 5. The number of hydrogen-bond acceptors (Lipinski definition) is 4. The fourth-order valence-electron chi connectivity index (χ4n) is 4.54. The van der Waals surface area contributed by atoms with Gasteiger partial charge in [-0.15, -0.1) is 10.2 Å². The van der Waals surface area contributed by atoms with Crippen molar-refractivity contribution in [2.45, 2.75) is 37.4 Å². The Labute approximate surface area is 115 Å². The highest BCUT2D eigenvalue weighted by atomic mass is 32.2. The molecular formula is C13H17N3O2S. The van der Waals surface area contributed by atoms with Crippen molar-refractivity contribution in [2.75, 3.05) is 5.75 Å². The number of rotatable bonds is 4. The molecule has 1 heterocycles. The summed E-state index contributed by atoms with van der Waals surface area (Å²) in [5.41, 5.74) is 0. The summed E-state index contributed by atoms with van der Waals surface area (Å²) in [4.78, 5) is 10.7. The number of aliphatic carboxylic acids is 1. The van der Waals surface area contributed by atoms with Gasteiger partial charge in [0.25, 0.3) is 0 Å². The normalized spacial score (nSPS) is 38.5. The highest BCUT2D eigenvalue weighted by Crippen LogP contribution is 2.71. The topological polar surface area (TPSA) is 68.0 Å². The van der Waals surface area contributed by atoms with Crippen molar-refractivity contribution in [3.05, 3.63) is 5.82 Å². The van der Waals surface area contributed by atoms with E-state index in [1.54, 1.807) is 0 Å². The molecule has 102 valence electrons. The predicted molar refractivity (Wildman–Crippen MR) is 70.0 cm³/mol. The van der Waals surface area contributed by atoms with Crippen LogP contribution in [0, 0.1) is 30.6 Å². The summed E-state index contributed by atoms with van der Waals surface area (Å²) in [6.45, 7) is 1.98. The molecule has 1 aromatic rings. The van der Waals surface area contributed by atoms with Gasteiger partial charge in [0.1, 0.15) is 5.82 Å². The van der Waals surface area contributed by atoms with Crippen LogP contribution in [-0.2, 0) is 4.79 Å². The maximum Gasteiger partial charge on any atom is 0.313 e. The number of hydrogen-bond donors (Lipinski definition) is 1. The molecule has 0 aliphatic heterocycles. The summed E-state index contributed by atoms with van der Waals surface area (Å²) in [7, 11) is 0. The smallest absolute Gasteiger partial charge is 0.313 e. The predicted octanol–water partition coefficient (Wildman–Crippen LogP) is 1.98. The summed E-state index contributed by atoms with van der Waals surface area (Å²) in [5.74, 6) is 3.64. The van der Waals surface area contributed by atoms with E-state index in [1.165, 1.54) is 31.0 Å². The Morgan fingerprint density at radius 3 is 2.68 bits per heavy atom. The molecule has 0 saturated heterocycles. The third kappa shape index (κ3) is 1.65. The summed E-state index contributed by atoms with van der Waals surface area (Å²) < 4.78 is 2.22. The van der Waals surface area contributed by atoms with Crippen molar-refractivity contribution in [2.24, 2.45) is 23.7 Å². The van der Waals surface area contributed by atoms with E-state index >= 15 is 0 Å². The molecule has 3 saturated carbocycles. The molecule has 3 aliphatic carbocycles. The Kier molecular flexibility index (Phi) is 2.46. The monoisotopic (exact) mass is 279 g/mol. The maximum atomic E-state index is 10.7. The number of carboxylic acid groups (broad SMARTS) is 1. The van der Waals surface area contributed by atoms with E-state index in [1.807, 2.05) is 6.92 Å². The molecule has 0 aromatic carbocycles. The van der Waals surface area contributed by atoms with Crippen LogP contribution in [0.5, 0.6) is 0 Å². The average molecular weight is 279 g/mol. The highest BCUT2D eigenvalue weighted by Gasteiger charge is 2.66. The van der Waals surface area contributed by atoms with Gasteiger partial charge in [0.15, 0.2) is 5.16 Å². The van der Waals surface area contributed by atoms with Crippen LogP contribution in [0.25, 0.3) is 0 Å². The van der Waals surface area contributed by atoms with Crippen LogP contribution in [0.1, 0.15) is 31.1 Å². The van der Waals surface area contributed by atoms with E-state index in [-0.39, 0.29) is 5.75 Å². The van der Waals surface area contributed by atoms with Crippen molar-refractivity contribution >= 4 is 17.7 Å². The molecule has 6 heteroatoms. The number of aromatic nitrogens is 3.